The highest BCUT2D eigenvalue weighted by molar-refractivity contribution is 5.79. The van der Waals surface area contributed by atoms with Gasteiger partial charge >= 0.3 is 0 Å². The number of amides is 1. The molecule has 0 aromatic carbocycles. The molecule has 0 aliphatic carbocycles. The summed E-state index contributed by atoms with van der Waals surface area (Å²) >= 11 is 0. The van der Waals surface area contributed by atoms with Crippen molar-refractivity contribution in [2.24, 2.45) is 11.8 Å². The number of piperidine rings is 1. The van der Waals surface area contributed by atoms with Gasteiger partial charge in [-0.15, -0.1) is 0 Å². The van der Waals surface area contributed by atoms with Crippen molar-refractivity contribution >= 4 is 5.91 Å². The minimum Gasteiger partial charge on any atom is -0.355 e. The maximum Gasteiger partial charge on any atom is 0.223 e. The molecule has 1 rings (SSSR count). The Kier molecular flexibility index (Phi) is 4.41. The quantitative estimate of drug-likeness (QED) is 0.635. The van der Waals surface area contributed by atoms with Gasteiger partial charge in [0.2, 0.25) is 5.91 Å². The predicted molar refractivity (Wildman–Crippen MR) is 53.4 cm³/mol. The van der Waals surface area contributed by atoms with Gasteiger partial charge in [-0.05, 0) is 25.4 Å². The van der Waals surface area contributed by atoms with Crippen molar-refractivity contribution in [3.05, 3.63) is 0 Å². The first kappa shape index (κ1) is 11.0. The highest BCUT2D eigenvalue weighted by Crippen LogP contribution is 2.18. The van der Waals surface area contributed by atoms with Crippen LogP contribution >= 0.6 is 0 Å². The molecule has 1 fully saturated rings. The molecule has 4 nitrogen and oxygen atoms in total. The maximum absolute atomic E-state index is 11.6. The van der Waals surface area contributed by atoms with Crippen LogP contribution in [0, 0.1) is 23.2 Å². The smallest absolute Gasteiger partial charge is 0.223 e. The molecule has 1 amide bonds. The zero-order valence-electron chi connectivity index (χ0n) is 8.55. The molecule has 0 aromatic heterocycles. The third kappa shape index (κ3) is 3.00. The van der Waals surface area contributed by atoms with E-state index in [1.54, 1.807) is 0 Å². The van der Waals surface area contributed by atoms with E-state index in [1.165, 1.54) is 0 Å². The van der Waals surface area contributed by atoms with Crippen LogP contribution in [0.3, 0.4) is 0 Å². The average Bonchev–Trinajstić information content (AvgIpc) is 2.18. The van der Waals surface area contributed by atoms with Crippen LogP contribution in [0.25, 0.3) is 0 Å². The molecular formula is C10H17N3O. The Morgan fingerprint density at radius 3 is 3.14 bits per heavy atom. The normalized spacial score (nSPS) is 26.6. The van der Waals surface area contributed by atoms with Crippen LogP contribution in [0.2, 0.25) is 0 Å². The summed E-state index contributed by atoms with van der Waals surface area (Å²) in [7, 11) is 0. The van der Waals surface area contributed by atoms with Gasteiger partial charge < -0.3 is 10.6 Å². The number of nitriles is 1. The number of nitrogens with one attached hydrogen (secondary N) is 2. The lowest BCUT2D eigenvalue weighted by atomic mass is 9.87. The van der Waals surface area contributed by atoms with Gasteiger partial charge in [0.25, 0.3) is 0 Å². The molecular weight excluding hydrogens is 178 g/mol. The molecule has 0 saturated carbocycles. The molecule has 2 N–H and O–H groups in total. The molecule has 14 heavy (non-hydrogen) atoms. The van der Waals surface area contributed by atoms with Crippen LogP contribution in [0.15, 0.2) is 0 Å². The summed E-state index contributed by atoms with van der Waals surface area (Å²) in [6.07, 6.45) is 1.30. The van der Waals surface area contributed by atoms with Crippen LogP contribution in [-0.2, 0) is 4.79 Å². The van der Waals surface area contributed by atoms with Gasteiger partial charge in [-0.1, -0.05) is 6.92 Å². The van der Waals surface area contributed by atoms with Crippen LogP contribution in [0.5, 0.6) is 0 Å². The third-order valence-corrected chi connectivity index (χ3v) is 2.66. The monoisotopic (exact) mass is 195 g/mol. The number of nitrogens with zero attached hydrogens (tertiary/aromatic N) is 1. The van der Waals surface area contributed by atoms with E-state index in [-0.39, 0.29) is 11.8 Å². The van der Waals surface area contributed by atoms with Crippen LogP contribution in [0.4, 0.5) is 0 Å². The topological polar surface area (TPSA) is 64.9 Å². The lowest BCUT2D eigenvalue weighted by molar-refractivity contribution is -0.127. The van der Waals surface area contributed by atoms with Crippen LogP contribution in [0.1, 0.15) is 19.8 Å². The average molecular weight is 195 g/mol. The Hall–Kier alpha value is -1.08. The molecule has 1 aliphatic rings. The molecule has 0 radical (unpaired) electrons. The molecule has 78 valence electrons. The molecule has 2 atom stereocenters. The first-order chi connectivity index (χ1) is 6.75. The van der Waals surface area contributed by atoms with Gasteiger partial charge in [0.15, 0.2) is 0 Å². The zero-order valence-corrected chi connectivity index (χ0v) is 8.55. The van der Waals surface area contributed by atoms with Crippen molar-refractivity contribution in [1.29, 1.82) is 5.26 Å². The number of carbonyl (C=O) groups excluding carboxylic acids is 1. The van der Waals surface area contributed by atoms with Crippen molar-refractivity contribution in [3.8, 4) is 6.07 Å². The highest BCUT2D eigenvalue weighted by atomic mass is 16.1. The first-order valence-electron chi connectivity index (χ1n) is 5.11. The number of rotatable bonds is 3. The van der Waals surface area contributed by atoms with E-state index in [4.69, 9.17) is 5.26 Å². The second-order valence-corrected chi connectivity index (χ2v) is 3.78. The number of carbonyl (C=O) groups is 1. The Balaban J connectivity index is 2.31. The fourth-order valence-electron chi connectivity index (χ4n) is 1.78. The maximum atomic E-state index is 11.6. The van der Waals surface area contributed by atoms with Crippen molar-refractivity contribution in [3.63, 3.8) is 0 Å². The third-order valence-electron chi connectivity index (χ3n) is 2.66. The Morgan fingerprint density at radius 1 is 1.71 bits per heavy atom. The van der Waals surface area contributed by atoms with E-state index >= 15 is 0 Å². The number of hydrogen-bond acceptors (Lipinski definition) is 3. The predicted octanol–water partition coefficient (Wildman–Crippen LogP) is 0.262. The molecule has 0 bridgehead atoms. The minimum atomic E-state index is 0.106. The zero-order chi connectivity index (χ0) is 10.4. The fourth-order valence-corrected chi connectivity index (χ4v) is 1.78. The summed E-state index contributed by atoms with van der Waals surface area (Å²) < 4.78 is 0. The Bertz CT molecular complexity index is 234. The summed E-state index contributed by atoms with van der Waals surface area (Å²) in [6, 6.07) is 2.01. The molecule has 0 spiro atoms. The second kappa shape index (κ2) is 5.61. The lowest BCUT2D eigenvalue weighted by Gasteiger charge is -2.28. The molecule has 4 heteroatoms. The van der Waals surface area contributed by atoms with Gasteiger partial charge in [-0.2, -0.15) is 5.26 Å². The summed E-state index contributed by atoms with van der Waals surface area (Å²) in [5.74, 6) is 0.620. The van der Waals surface area contributed by atoms with Crippen molar-refractivity contribution in [2.75, 3.05) is 19.6 Å². The van der Waals surface area contributed by atoms with E-state index in [2.05, 4.69) is 17.6 Å². The SMILES string of the molecule is CC1CNCCC1C(=O)NCCC#N. The molecule has 0 aromatic rings. The second-order valence-electron chi connectivity index (χ2n) is 3.78. The van der Waals surface area contributed by atoms with Crippen molar-refractivity contribution in [2.45, 2.75) is 19.8 Å². The molecule has 2 unspecified atom stereocenters. The first-order valence-corrected chi connectivity index (χ1v) is 5.11. The molecule has 1 heterocycles. The Labute approximate surface area is 84.7 Å². The largest absolute Gasteiger partial charge is 0.355 e. The van der Waals surface area contributed by atoms with Gasteiger partial charge in [0.1, 0.15) is 0 Å². The van der Waals surface area contributed by atoms with Crippen molar-refractivity contribution in [1.82, 2.24) is 10.6 Å². The van der Waals surface area contributed by atoms with Crippen molar-refractivity contribution < 1.29 is 4.79 Å². The van der Waals surface area contributed by atoms with Gasteiger partial charge in [0.05, 0.1) is 12.5 Å². The van der Waals surface area contributed by atoms with E-state index in [0.29, 0.717) is 18.9 Å². The lowest BCUT2D eigenvalue weighted by Crippen LogP contribution is -2.43. The van der Waals surface area contributed by atoms with Crippen LogP contribution in [-0.4, -0.2) is 25.5 Å². The van der Waals surface area contributed by atoms with Gasteiger partial charge in [0, 0.05) is 12.5 Å². The van der Waals surface area contributed by atoms with E-state index in [0.717, 1.165) is 19.5 Å². The van der Waals surface area contributed by atoms with Gasteiger partial charge in [-0.25, -0.2) is 0 Å². The molecule has 1 aliphatic heterocycles. The summed E-state index contributed by atoms with van der Waals surface area (Å²) in [4.78, 5) is 11.6. The summed E-state index contributed by atoms with van der Waals surface area (Å²) in [5.41, 5.74) is 0. The van der Waals surface area contributed by atoms with E-state index in [9.17, 15) is 4.79 Å². The fraction of sp³-hybridized carbons (Fsp3) is 0.800. The summed E-state index contributed by atoms with van der Waals surface area (Å²) in [5, 5.41) is 14.4. The van der Waals surface area contributed by atoms with Gasteiger partial charge in [-0.3, -0.25) is 4.79 Å². The standard InChI is InChI=1S/C10H17N3O/c1-8-7-12-6-3-9(8)10(14)13-5-2-4-11/h8-9,12H,2-3,5-7H2,1H3,(H,13,14). The summed E-state index contributed by atoms with van der Waals surface area (Å²) in [6.45, 7) is 4.39. The Morgan fingerprint density at radius 2 is 2.50 bits per heavy atom. The van der Waals surface area contributed by atoms with E-state index in [1.807, 2.05) is 6.07 Å². The minimum absolute atomic E-state index is 0.106. The van der Waals surface area contributed by atoms with Crippen LogP contribution < -0.4 is 10.6 Å². The van der Waals surface area contributed by atoms with E-state index < -0.39 is 0 Å². The molecule has 1 saturated heterocycles. The number of hydrogen-bond donors (Lipinski definition) is 2. The highest BCUT2D eigenvalue weighted by Gasteiger charge is 2.26.